The van der Waals surface area contributed by atoms with E-state index in [1.54, 1.807) is 0 Å². The van der Waals surface area contributed by atoms with E-state index in [1.807, 2.05) is 11.3 Å². The van der Waals surface area contributed by atoms with Crippen LogP contribution < -0.4 is 5.32 Å². The molecule has 0 amide bonds. The van der Waals surface area contributed by atoms with Crippen LogP contribution in [0.3, 0.4) is 0 Å². The monoisotopic (exact) mass is 242 g/mol. The molecule has 1 unspecified atom stereocenters. The molecule has 0 spiro atoms. The minimum atomic E-state index is 0.747. The van der Waals surface area contributed by atoms with Crippen LogP contribution in [-0.2, 0) is 6.42 Å². The zero-order valence-corrected chi connectivity index (χ0v) is 11.0. The highest BCUT2D eigenvalue weighted by Crippen LogP contribution is 2.18. The average molecular weight is 242 g/mol. The molecular weight excluding hydrogens is 224 g/mol. The maximum absolute atomic E-state index is 4.55. The number of hydrogen-bond acceptors (Lipinski definition) is 4. The van der Waals surface area contributed by atoms with Crippen molar-refractivity contribution in [2.24, 2.45) is 0 Å². The average Bonchev–Trinajstić information content (AvgIpc) is 2.79. The first-order valence-corrected chi connectivity index (χ1v) is 7.47. The minimum Gasteiger partial charge on any atom is -0.313 e. The van der Waals surface area contributed by atoms with E-state index in [0.717, 1.165) is 19.0 Å². The number of aryl methyl sites for hydroxylation is 2. The highest BCUT2D eigenvalue weighted by molar-refractivity contribution is 7.99. The summed E-state index contributed by atoms with van der Waals surface area (Å²) in [5.41, 5.74) is 1.20. The molecule has 1 atom stereocenters. The van der Waals surface area contributed by atoms with Crippen molar-refractivity contribution < 1.29 is 0 Å². The zero-order chi connectivity index (χ0) is 10.7. The molecule has 0 saturated carbocycles. The maximum atomic E-state index is 4.55. The van der Waals surface area contributed by atoms with E-state index in [-0.39, 0.29) is 0 Å². The largest absolute Gasteiger partial charge is 0.313 e. The van der Waals surface area contributed by atoms with Gasteiger partial charge in [0.15, 0.2) is 0 Å². The first-order valence-electron chi connectivity index (χ1n) is 5.50. The third-order valence-corrected chi connectivity index (χ3v) is 5.07. The molecule has 4 heteroatoms. The van der Waals surface area contributed by atoms with Crippen LogP contribution in [0.4, 0.5) is 0 Å². The van der Waals surface area contributed by atoms with Crippen LogP contribution in [-0.4, -0.2) is 29.1 Å². The fourth-order valence-corrected chi connectivity index (χ4v) is 3.85. The Balaban J connectivity index is 1.73. The van der Waals surface area contributed by atoms with Crippen molar-refractivity contribution in [1.29, 1.82) is 0 Å². The van der Waals surface area contributed by atoms with Gasteiger partial charge in [0, 0.05) is 29.6 Å². The number of hydrogen-bond donors (Lipinski definition) is 1. The van der Waals surface area contributed by atoms with E-state index in [9.17, 15) is 0 Å². The Bertz CT molecular complexity index is 297. The van der Waals surface area contributed by atoms with Gasteiger partial charge in [0.2, 0.25) is 0 Å². The number of thiazole rings is 1. The van der Waals surface area contributed by atoms with E-state index in [0.29, 0.717) is 0 Å². The van der Waals surface area contributed by atoms with Crippen LogP contribution >= 0.6 is 23.1 Å². The van der Waals surface area contributed by atoms with Crippen molar-refractivity contribution in [2.75, 3.05) is 18.1 Å². The highest BCUT2D eigenvalue weighted by atomic mass is 32.2. The molecule has 1 aliphatic heterocycles. The summed E-state index contributed by atoms with van der Waals surface area (Å²) in [6, 6.07) is 0.747. The lowest BCUT2D eigenvalue weighted by Gasteiger charge is -2.09. The summed E-state index contributed by atoms with van der Waals surface area (Å²) in [4.78, 5) is 5.91. The predicted octanol–water partition coefficient (Wildman–Crippen LogP) is 2.40. The molecule has 2 nitrogen and oxygen atoms in total. The molecule has 0 aromatic carbocycles. The van der Waals surface area contributed by atoms with E-state index in [1.165, 1.54) is 33.5 Å². The Hall–Kier alpha value is -0.0600. The molecule has 1 aromatic rings. The lowest BCUT2D eigenvalue weighted by molar-refractivity contribution is 0.560. The van der Waals surface area contributed by atoms with Gasteiger partial charge in [-0.25, -0.2) is 4.98 Å². The Morgan fingerprint density at radius 2 is 2.33 bits per heavy atom. The predicted molar refractivity (Wildman–Crippen MR) is 69.0 cm³/mol. The third-order valence-electron chi connectivity index (χ3n) is 2.77. The van der Waals surface area contributed by atoms with Crippen LogP contribution in [0.25, 0.3) is 0 Å². The van der Waals surface area contributed by atoms with Crippen LogP contribution in [0.15, 0.2) is 0 Å². The van der Waals surface area contributed by atoms with Gasteiger partial charge >= 0.3 is 0 Å². The van der Waals surface area contributed by atoms with Gasteiger partial charge in [-0.1, -0.05) is 0 Å². The third kappa shape index (κ3) is 3.20. The van der Waals surface area contributed by atoms with Crippen molar-refractivity contribution in [1.82, 2.24) is 10.3 Å². The molecule has 1 N–H and O–H groups in total. The number of rotatable bonds is 4. The highest BCUT2D eigenvalue weighted by Gasteiger charge is 2.14. The normalized spacial score (nSPS) is 21.1. The Morgan fingerprint density at radius 1 is 1.47 bits per heavy atom. The molecule has 0 aliphatic carbocycles. The molecule has 0 radical (unpaired) electrons. The molecule has 1 saturated heterocycles. The van der Waals surface area contributed by atoms with Gasteiger partial charge in [-0.2, -0.15) is 11.8 Å². The van der Waals surface area contributed by atoms with E-state index in [4.69, 9.17) is 0 Å². The van der Waals surface area contributed by atoms with Crippen LogP contribution in [0.2, 0.25) is 0 Å². The zero-order valence-electron chi connectivity index (χ0n) is 9.38. The minimum absolute atomic E-state index is 0.747. The van der Waals surface area contributed by atoms with E-state index < -0.39 is 0 Å². The lowest BCUT2D eigenvalue weighted by atomic mass is 10.2. The summed E-state index contributed by atoms with van der Waals surface area (Å²) in [6.07, 6.45) is 2.42. The van der Waals surface area contributed by atoms with Crippen molar-refractivity contribution >= 4 is 23.1 Å². The fraction of sp³-hybridized carbons (Fsp3) is 0.727. The van der Waals surface area contributed by atoms with Gasteiger partial charge in [-0.3, -0.25) is 0 Å². The Kier molecular flexibility index (Phi) is 4.05. The number of nitrogens with one attached hydrogen (secondary N) is 1. The van der Waals surface area contributed by atoms with Gasteiger partial charge in [0.1, 0.15) is 0 Å². The molecule has 0 bridgehead atoms. The van der Waals surface area contributed by atoms with Crippen molar-refractivity contribution in [3.05, 3.63) is 15.6 Å². The van der Waals surface area contributed by atoms with Crippen molar-refractivity contribution in [3.8, 4) is 0 Å². The summed E-state index contributed by atoms with van der Waals surface area (Å²) >= 11 is 3.90. The summed E-state index contributed by atoms with van der Waals surface area (Å²) in [6.45, 7) is 5.32. The molecule has 15 heavy (non-hydrogen) atoms. The van der Waals surface area contributed by atoms with Crippen LogP contribution in [0.5, 0.6) is 0 Å². The van der Waals surface area contributed by atoms with Crippen LogP contribution in [0, 0.1) is 13.8 Å². The van der Waals surface area contributed by atoms with E-state index >= 15 is 0 Å². The van der Waals surface area contributed by atoms with Gasteiger partial charge in [-0.05, 0) is 26.0 Å². The van der Waals surface area contributed by atoms with Gasteiger partial charge < -0.3 is 5.32 Å². The standard InChI is InChI=1S/C11H18N2S2/c1-8-9(2)15-11(13-8)3-5-12-10-4-6-14-7-10/h10,12H,3-7H2,1-2H3. The fourth-order valence-electron chi connectivity index (χ4n) is 1.72. The summed E-state index contributed by atoms with van der Waals surface area (Å²) in [7, 11) is 0. The summed E-state index contributed by atoms with van der Waals surface area (Å²) in [5.74, 6) is 2.61. The van der Waals surface area contributed by atoms with Gasteiger partial charge in [-0.15, -0.1) is 11.3 Å². The first kappa shape index (κ1) is 11.4. The van der Waals surface area contributed by atoms with Crippen molar-refractivity contribution in [2.45, 2.75) is 32.7 Å². The molecule has 2 heterocycles. The molecule has 1 aliphatic rings. The second kappa shape index (κ2) is 5.32. The quantitative estimate of drug-likeness (QED) is 0.877. The topological polar surface area (TPSA) is 24.9 Å². The molecular formula is C11H18N2S2. The maximum Gasteiger partial charge on any atom is 0.0943 e. The van der Waals surface area contributed by atoms with Gasteiger partial charge in [0.05, 0.1) is 10.7 Å². The second-order valence-corrected chi connectivity index (χ2v) is 6.45. The Morgan fingerprint density at radius 3 is 2.93 bits per heavy atom. The Labute approximate surface area is 99.9 Å². The molecule has 2 rings (SSSR count). The number of aromatic nitrogens is 1. The molecule has 1 aromatic heterocycles. The molecule has 84 valence electrons. The first-order chi connectivity index (χ1) is 7.25. The van der Waals surface area contributed by atoms with Gasteiger partial charge in [0.25, 0.3) is 0 Å². The van der Waals surface area contributed by atoms with Crippen molar-refractivity contribution in [3.63, 3.8) is 0 Å². The van der Waals surface area contributed by atoms with E-state index in [2.05, 4.69) is 35.9 Å². The number of nitrogens with zero attached hydrogens (tertiary/aromatic N) is 1. The smallest absolute Gasteiger partial charge is 0.0943 e. The number of thioether (sulfide) groups is 1. The second-order valence-electron chi connectivity index (χ2n) is 4.01. The lowest BCUT2D eigenvalue weighted by Crippen LogP contribution is -2.30. The van der Waals surface area contributed by atoms with Crippen LogP contribution in [0.1, 0.15) is 22.0 Å². The summed E-state index contributed by atoms with van der Waals surface area (Å²) < 4.78 is 0. The molecule has 1 fully saturated rings. The summed E-state index contributed by atoms with van der Waals surface area (Å²) in [5, 5.41) is 4.89. The SMILES string of the molecule is Cc1nc(CCNC2CCSC2)sc1C.